The van der Waals surface area contributed by atoms with Crippen LogP contribution >= 0.6 is 11.6 Å². The van der Waals surface area contributed by atoms with Gasteiger partial charge in [-0.3, -0.25) is 9.89 Å². The molecule has 0 fully saturated rings. The first-order chi connectivity index (χ1) is 7.65. The molecule has 2 aromatic rings. The highest BCUT2D eigenvalue weighted by Gasteiger charge is 2.11. The molecule has 82 valence electrons. The van der Waals surface area contributed by atoms with E-state index < -0.39 is 5.91 Å². The first kappa shape index (κ1) is 10.6. The van der Waals surface area contributed by atoms with Crippen molar-refractivity contribution in [3.63, 3.8) is 0 Å². The number of nitrogens with zero attached hydrogens (tertiary/aromatic N) is 3. The van der Waals surface area contributed by atoms with Crippen molar-refractivity contribution in [1.82, 2.24) is 20.2 Å². The van der Waals surface area contributed by atoms with Crippen LogP contribution in [0.15, 0.2) is 18.3 Å². The molecule has 7 heteroatoms. The largest absolute Gasteiger partial charge is 0.319 e. The molecule has 0 spiro atoms. The minimum absolute atomic E-state index is 0.0884. The number of carbonyl (C=O) groups excluding carboxylic acids is 1. The van der Waals surface area contributed by atoms with Crippen LogP contribution in [0.25, 0.3) is 0 Å². The van der Waals surface area contributed by atoms with Crippen LogP contribution in [0, 0.1) is 6.92 Å². The van der Waals surface area contributed by atoms with Crippen molar-refractivity contribution < 1.29 is 4.79 Å². The molecule has 2 heterocycles. The van der Waals surface area contributed by atoms with E-state index in [1.165, 1.54) is 6.20 Å². The highest BCUT2D eigenvalue weighted by Crippen LogP contribution is 2.12. The predicted octanol–water partition coefficient (Wildman–Crippen LogP) is 1.41. The normalized spacial score (nSPS) is 10.1. The molecule has 0 aliphatic rings. The van der Waals surface area contributed by atoms with Crippen LogP contribution in [0.3, 0.4) is 0 Å². The number of rotatable bonds is 2. The van der Waals surface area contributed by atoms with Crippen LogP contribution in [0.1, 0.15) is 16.4 Å². The number of H-pyrrole nitrogens is 1. The summed E-state index contributed by atoms with van der Waals surface area (Å²) < 4.78 is 0. The molecule has 16 heavy (non-hydrogen) atoms. The van der Waals surface area contributed by atoms with E-state index in [-0.39, 0.29) is 5.82 Å². The summed E-state index contributed by atoms with van der Waals surface area (Å²) in [6.07, 6.45) is 1.50. The van der Waals surface area contributed by atoms with Gasteiger partial charge in [0.05, 0.1) is 0 Å². The van der Waals surface area contributed by atoms with E-state index in [4.69, 9.17) is 11.6 Å². The average molecular weight is 238 g/mol. The van der Waals surface area contributed by atoms with Crippen molar-refractivity contribution in [1.29, 1.82) is 0 Å². The van der Waals surface area contributed by atoms with Gasteiger partial charge < -0.3 is 5.32 Å². The smallest absolute Gasteiger partial charge is 0.295 e. The molecule has 0 bridgehead atoms. The topological polar surface area (TPSA) is 83.6 Å². The van der Waals surface area contributed by atoms with Gasteiger partial charge in [0.15, 0.2) is 0 Å². The third kappa shape index (κ3) is 2.34. The Bertz CT molecular complexity index is 524. The zero-order valence-electron chi connectivity index (χ0n) is 8.36. The third-order valence-corrected chi connectivity index (χ3v) is 1.99. The van der Waals surface area contributed by atoms with Gasteiger partial charge in [-0.15, -0.1) is 5.10 Å². The molecular formula is C9H8ClN5O. The van der Waals surface area contributed by atoms with Gasteiger partial charge in [0.1, 0.15) is 11.0 Å². The summed E-state index contributed by atoms with van der Waals surface area (Å²) in [6, 6.07) is 3.17. The molecule has 2 rings (SSSR count). The van der Waals surface area contributed by atoms with E-state index in [0.717, 1.165) is 0 Å². The van der Waals surface area contributed by atoms with Crippen molar-refractivity contribution in [2.75, 3.05) is 5.32 Å². The number of amides is 1. The second-order valence-corrected chi connectivity index (χ2v) is 3.45. The molecule has 0 radical (unpaired) electrons. The number of aromatic amines is 1. The van der Waals surface area contributed by atoms with E-state index in [9.17, 15) is 4.79 Å². The average Bonchev–Trinajstić information content (AvgIpc) is 2.65. The van der Waals surface area contributed by atoms with Crippen LogP contribution in [-0.4, -0.2) is 26.1 Å². The summed E-state index contributed by atoms with van der Waals surface area (Å²) in [5, 5.41) is 9.24. The summed E-state index contributed by atoms with van der Waals surface area (Å²) in [5.41, 5.74) is 0.549. The van der Waals surface area contributed by atoms with Crippen molar-refractivity contribution in [3.05, 3.63) is 35.1 Å². The molecule has 0 saturated carbocycles. The minimum Gasteiger partial charge on any atom is -0.319 e. The maximum atomic E-state index is 11.6. The quantitative estimate of drug-likeness (QED) is 0.774. The maximum absolute atomic E-state index is 11.6. The number of halogens is 1. The van der Waals surface area contributed by atoms with E-state index in [0.29, 0.717) is 16.7 Å². The summed E-state index contributed by atoms with van der Waals surface area (Å²) in [4.78, 5) is 19.3. The van der Waals surface area contributed by atoms with Gasteiger partial charge in [0, 0.05) is 11.9 Å². The van der Waals surface area contributed by atoms with E-state index in [1.807, 2.05) is 0 Å². The molecule has 1 amide bonds. The molecule has 0 saturated heterocycles. The lowest BCUT2D eigenvalue weighted by atomic mass is 10.4. The van der Waals surface area contributed by atoms with Gasteiger partial charge in [0.25, 0.3) is 5.91 Å². The second-order valence-electron chi connectivity index (χ2n) is 3.07. The van der Waals surface area contributed by atoms with Crippen molar-refractivity contribution in [2.24, 2.45) is 0 Å². The van der Waals surface area contributed by atoms with E-state index >= 15 is 0 Å². The molecule has 0 unspecified atom stereocenters. The SMILES string of the molecule is Cc1nc(C(=O)Nc2ccnc(Cl)c2)n[nH]1. The Morgan fingerprint density at radius 3 is 3.00 bits per heavy atom. The molecule has 2 aromatic heterocycles. The highest BCUT2D eigenvalue weighted by atomic mass is 35.5. The van der Waals surface area contributed by atoms with Gasteiger partial charge in [-0.25, -0.2) is 9.97 Å². The van der Waals surface area contributed by atoms with Crippen molar-refractivity contribution in [3.8, 4) is 0 Å². The van der Waals surface area contributed by atoms with E-state index in [1.54, 1.807) is 19.1 Å². The number of hydrogen-bond acceptors (Lipinski definition) is 4. The van der Waals surface area contributed by atoms with Crippen LogP contribution in [0.2, 0.25) is 5.15 Å². The number of anilines is 1. The van der Waals surface area contributed by atoms with Gasteiger partial charge in [-0.1, -0.05) is 11.6 Å². The van der Waals surface area contributed by atoms with Crippen molar-refractivity contribution in [2.45, 2.75) is 6.92 Å². The first-order valence-corrected chi connectivity index (χ1v) is 4.85. The van der Waals surface area contributed by atoms with Gasteiger partial charge in [-0.2, -0.15) is 0 Å². The number of hydrogen-bond donors (Lipinski definition) is 2. The Morgan fingerprint density at radius 1 is 1.56 bits per heavy atom. The number of nitrogens with one attached hydrogen (secondary N) is 2. The Hall–Kier alpha value is -1.95. The summed E-state index contributed by atoms with van der Waals surface area (Å²) in [5.74, 6) is 0.273. The Kier molecular flexibility index (Phi) is 2.82. The van der Waals surface area contributed by atoms with Gasteiger partial charge in [0.2, 0.25) is 5.82 Å². The zero-order valence-corrected chi connectivity index (χ0v) is 9.12. The Balaban J connectivity index is 2.13. The monoisotopic (exact) mass is 237 g/mol. The van der Waals surface area contributed by atoms with E-state index in [2.05, 4.69) is 25.5 Å². The first-order valence-electron chi connectivity index (χ1n) is 4.47. The number of carbonyl (C=O) groups is 1. The van der Waals surface area contributed by atoms with Crippen LogP contribution in [0.4, 0.5) is 5.69 Å². The lowest BCUT2D eigenvalue weighted by molar-refractivity contribution is 0.101. The van der Waals surface area contributed by atoms with Gasteiger partial charge in [-0.05, 0) is 19.1 Å². The summed E-state index contributed by atoms with van der Waals surface area (Å²) >= 11 is 5.68. The fourth-order valence-electron chi connectivity index (χ4n) is 1.11. The standard InChI is InChI=1S/C9H8ClN5O/c1-5-12-8(15-14-5)9(16)13-6-2-3-11-7(10)4-6/h2-4H,1H3,(H,11,13,16)(H,12,14,15). The molecule has 0 atom stereocenters. The Morgan fingerprint density at radius 2 is 2.38 bits per heavy atom. The summed E-state index contributed by atoms with van der Waals surface area (Å²) in [7, 11) is 0. The maximum Gasteiger partial charge on any atom is 0.295 e. The molecule has 2 N–H and O–H groups in total. The molecule has 0 aliphatic heterocycles. The molecule has 6 nitrogen and oxygen atoms in total. The minimum atomic E-state index is -0.397. The fraction of sp³-hybridized carbons (Fsp3) is 0.111. The fourth-order valence-corrected chi connectivity index (χ4v) is 1.29. The zero-order chi connectivity index (χ0) is 11.5. The lowest BCUT2D eigenvalue weighted by Gasteiger charge is -2.01. The molecule has 0 aliphatic carbocycles. The Labute approximate surface area is 96.1 Å². The van der Waals surface area contributed by atoms with Crippen LogP contribution in [-0.2, 0) is 0 Å². The summed E-state index contributed by atoms with van der Waals surface area (Å²) in [6.45, 7) is 1.72. The number of aryl methyl sites for hydroxylation is 1. The lowest BCUT2D eigenvalue weighted by Crippen LogP contribution is -2.13. The van der Waals surface area contributed by atoms with Crippen molar-refractivity contribution >= 4 is 23.2 Å². The number of pyridine rings is 1. The second kappa shape index (κ2) is 4.28. The third-order valence-electron chi connectivity index (χ3n) is 1.78. The predicted molar refractivity (Wildman–Crippen MR) is 58.3 cm³/mol. The molecular weight excluding hydrogens is 230 g/mol. The van der Waals surface area contributed by atoms with Gasteiger partial charge >= 0.3 is 0 Å². The van der Waals surface area contributed by atoms with Crippen LogP contribution < -0.4 is 5.32 Å². The highest BCUT2D eigenvalue weighted by molar-refractivity contribution is 6.29. The van der Waals surface area contributed by atoms with Crippen LogP contribution in [0.5, 0.6) is 0 Å². The molecule has 0 aromatic carbocycles. The number of aromatic nitrogens is 4.